The van der Waals surface area contributed by atoms with Gasteiger partial charge in [-0.3, -0.25) is 4.79 Å². The molecule has 1 heterocycles. The summed E-state index contributed by atoms with van der Waals surface area (Å²) in [6, 6.07) is 1.62. The molecule has 1 atom stereocenters. The number of pyridine rings is 1. The van der Waals surface area contributed by atoms with Gasteiger partial charge >= 0.3 is 6.18 Å². The van der Waals surface area contributed by atoms with Crippen molar-refractivity contribution in [3.63, 3.8) is 0 Å². The van der Waals surface area contributed by atoms with E-state index in [2.05, 4.69) is 26.2 Å². The third-order valence-electron chi connectivity index (χ3n) is 2.34. The van der Waals surface area contributed by atoms with Crippen molar-refractivity contribution in [3.8, 4) is 0 Å². The van der Waals surface area contributed by atoms with Gasteiger partial charge in [-0.05, 0) is 41.4 Å². The van der Waals surface area contributed by atoms with E-state index in [4.69, 9.17) is 5.73 Å². The summed E-state index contributed by atoms with van der Waals surface area (Å²) < 4.78 is 38.3. The zero-order valence-electron chi connectivity index (χ0n) is 9.60. The number of carbonyl (C=O) groups is 1. The SMILES string of the molecule is Cc1cc(Br)cnc1NC(=O)C(C)(N)C(F)(F)F. The van der Waals surface area contributed by atoms with Crippen LogP contribution in [0.1, 0.15) is 12.5 Å². The molecular weight excluding hydrogens is 315 g/mol. The maximum atomic E-state index is 12.5. The van der Waals surface area contributed by atoms with E-state index in [1.807, 2.05) is 0 Å². The van der Waals surface area contributed by atoms with E-state index in [9.17, 15) is 18.0 Å². The summed E-state index contributed by atoms with van der Waals surface area (Å²) in [5, 5.41) is 2.07. The minimum Gasteiger partial charge on any atom is -0.310 e. The van der Waals surface area contributed by atoms with Gasteiger partial charge in [-0.15, -0.1) is 0 Å². The van der Waals surface area contributed by atoms with Crippen molar-refractivity contribution in [3.05, 3.63) is 22.3 Å². The third-order valence-corrected chi connectivity index (χ3v) is 2.77. The van der Waals surface area contributed by atoms with Gasteiger partial charge in [-0.1, -0.05) is 0 Å². The molecule has 1 aromatic heterocycles. The minimum atomic E-state index is -4.83. The Labute approximate surface area is 110 Å². The zero-order valence-corrected chi connectivity index (χ0v) is 11.2. The molecule has 4 nitrogen and oxygen atoms in total. The summed E-state index contributed by atoms with van der Waals surface area (Å²) >= 11 is 3.15. The van der Waals surface area contributed by atoms with Crippen LogP contribution in [-0.4, -0.2) is 22.6 Å². The number of anilines is 1. The highest BCUT2D eigenvalue weighted by Gasteiger charge is 2.54. The maximum absolute atomic E-state index is 12.5. The fraction of sp³-hybridized carbons (Fsp3) is 0.400. The van der Waals surface area contributed by atoms with Crippen molar-refractivity contribution in [2.24, 2.45) is 5.73 Å². The van der Waals surface area contributed by atoms with Crippen molar-refractivity contribution >= 4 is 27.7 Å². The Morgan fingerprint density at radius 1 is 1.50 bits per heavy atom. The predicted octanol–water partition coefficient (Wildman–Crippen LogP) is 2.37. The molecule has 0 aromatic carbocycles. The van der Waals surface area contributed by atoms with E-state index >= 15 is 0 Å². The first-order chi connectivity index (χ1) is 8.05. The van der Waals surface area contributed by atoms with E-state index in [1.165, 1.54) is 6.20 Å². The highest BCUT2D eigenvalue weighted by molar-refractivity contribution is 9.10. The van der Waals surface area contributed by atoms with E-state index in [0.29, 0.717) is 17.0 Å². The first-order valence-electron chi connectivity index (χ1n) is 4.85. The molecule has 3 N–H and O–H groups in total. The van der Waals surface area contributed by atoms with Crippen molar-refractivity contribution in [2.75, 3.05) is 5.32 Å². The molecule has 0 aliphatic carbocycles. The van der Waals surface area contributed by atoms with Crippen LogP contribution in [0, 0.1) is 6.92 Å². The lowest BCUT2D eigenvalue weighted by atomic mass is 10.0. The normalized spacial score (nSPS) is 15.1. The van der Waals surface area contributed by atoms with Crippen molar-refractivity contribution in [2.45, 2.75) is 25.6 Å². The van der Waals surface area contributed by atoms with Gasteiger partial charge in [-0.25, -0.2) is 4.98 Å². The second kappa shape index (κ2) is 4.85. The fourth-order valence-electron chi connectivity index (χ4n) is 1.04. The smallest absolute Gasteiger partial charge is 0.310 e. The Morgan fingerprint density at radius 3 is 2.50 bits per heavy atom. The van der Waals surface area contributed by atoms with Gasteiger partial charge in [0.1, 0.15) is 5.82 Å². The number of rotatable bonds is 2. The topological polar surface area (TPSA) is 68.0 Å². The number of carbonyl (C=O) groups excluding carboxylic acids is 1. The lowest BCUT2D eigenvalue weighted by Gasteiger charge is -2.26. The quantitative estimate of drug-likeness (QED) is 0.877. The lowest BCUT2D eigenvalue weighted by Crippen LogP contribution is -2.59. The largest absolute Gasteiger partial charge is 0.415 e. The van der Waals surface area contributed by atoms with E-state index in [-0.39, 0.29) is 5.82 Å². The molecule has 0 saturated heterocycles. The zero-order chi connectivity index (χ0) is 14.1. The summed E-state index contributed by atoms with van der Waals surface area (Å²) in [6.07, 6.45) is -3.47. The van der Waals surface area contributed by atoms with Crippen LogP contribution in [0.2, 0.25) is 0 Å². The third kappa shape index (κ3) is 2.99. The molecule has 1 amide bonds. The molecule has 0 fully saturated rings. The molecule has 100 valence electrons. The average Bonchev–Trinajstić information content (AvgIpc) is 2.20. The van der Waals surface area contributed by atoms with Gasteiger partial charge in [0.2, 0.25) is 0 Å². The van der Waals surface area contributed by atoms with Crippen LogP contribution >= 0.6 is 15.9 Å². The number of halogens is 4. The Bertz CT molecular complexity index is 474. The first kappa shape index (κ1) is 14.9. The minimum absolute atomic E-state index is 0.0455. The second-order valence-electron chi connectivity index (χ2n) is 3.97. The predicted molar refractivity (Wildman–Crippen MR) is 64.0 cm³/mol. The van der Waals surface area contributed by atoms with Crippen LogP contribution < -0.4 is 11.1 Å². The summed E-state index contributed by atoms with van der Waals surface area (Å²) in [6.45, 7) is 2.21. The molecule has 1 aromatic rings. The highest BCUT2D eigenvalue weighted by atomic mass is 79.9. The number of aryl methyl sites for hydroxylation is 1. The molecule has 0 radical (unpaired) electrons. The summed E-state index contributed by atoms with van der Waals surface area (Å²) in [5.74, 6) is -1.31. The molecule has 0 saturated carbocycles. The van der Waals surface area contributed by atoms with E-state index in [0.717, 1.165) is 0 Å². The molecule has 18 heavy (non-hydrogen) atoms. The van der Waals surface area contributed by atoms with Crippen LogP contribution in [-0.2, 0) is 4.79 Å². The standard InChI is InChI=1S/C10H11BrF3N3O/c1-5-3-6(11)4-16-7(5)17-8(18)9(2,15)10(12,13)14/h3-4H,15H2,1-2H3,(H,16,17,18). The van der Waals surface area contributed by atoms with Crippen molar-refractivity contribution in [1.29, 1.82) is 0 Å². The number of nitrogens with zero attached hydrogens (tertiary/aromatic N) is 1. The molecule has 1 unspecified atom stereocenters. The summed E-state index contributed by atoms with van der Waals surface area (Å²) in [5.41, 5.74) is 2.55. The van der Waals surface area contributed by atoms with E-state index < -0.39 is 17.6 Å². The molecule has 0 aliphatic heterocycles. The van der Waals surface area contributed by atoms with Gasteiger partial charge in [0.15, 0.2) is 5.54 Å². The molecular formula is C10H11BrF3N3O. The van der Waals surface area contributed by atoms with Gasteiger partial charge < -0.3 is 11.1 Å². The second-order valence-corrected chi connectivity index (χ2v) is 4.89. The summed E-state index contributed by atoms with van der Waals surface area (Å²) in [4.78, 5) is 15.3. The number of amides is 1. The number of nitrogens with two attached hydrogens (primary N) is 1. The Hall–Kier alpha value is -1.15. The fourth-order valence-corrected chi connectivity index (χ4v) is 1.48. The van der Waals surface area contributed by atoms with Crippen LogP contribution in [0.5, 0.6) is 0 Å². The van der Waals surface area contributed by atoms with Gasteiger partial charge in [0, 0.05) is 10.7 Å². The molecule has 0 aliphatic rings. The van der Waals surface area contributed by atoms with E-state index in [1.54, 1.807) is 13.0 Å². The number of nitrogens with one attached hydrogen (secondary N) is 1. The summed E-state index contributed by atoms with van der Waals surface area (Å²) in [7, 11) is 0. The van der Waals surface area contributed by atoms with Gasteiger partial charge in [0.25, 0.3) is 5.91 Å². The molecule has 1 rings (SSSR count). The first-order valence-corrected chi connectivity index (χ1v) is 5.64. The Balaban J connectivity index is 2.95. The molecule has 8 heteroatoms. The van der Waals surface area contributed by atoms with Crippen LogP contribution in [0.4, 0.5) is 19.0 Å². The monoisotopic (exact) mass is 325 g/mol. The Morgan fingerprint density at radius 2 is 2.06 bits per heavy atom. The molecule has 0 spiro atoms. The maximum Gasteiger partial charge on any atom is 0.415 e. The van der Waals surface area contributed by atoms with Crippen molar-refractivity contribution in [1.82, 2.24) is 4.98 Å². The van der Waals surface area contributed by atoms with Gasteiger partial charge in [0.05, 0.1) is 0 Å². The lowest BCUT2D eigenvalue weighted by molar-refractivity contribution is -0.184. The van der Waals surface area contributed by atoms with Crippen LogP contribution in [0.25, 0.3) is 0 Å². The number of alkyl halides is 3. The van der Waals surface area contributed by atoms with Crippen molar-refractivity contribution < 1.29 is 18.0 Å². The average molecular weight is 326 g/mol. The number of hydrogen-bond acceptors (Lipinski definition) is 3. The van der Waals surface area contributed by atoms with Gasteiger partial charge in [-0.2, -0.15) is 13.2 Å². The Kier molecular flexibility index (Phi) is 4.02. The molecule has 0 bridgehead atoms. The highest BCUT2D eigenvalue weighted by Crippen LogP contribution is 2.29. The number of aromatic nitrogens is 1. The number of hydrogen-bond donors (Lipinski definition) is 2. The van der Waals surface area contributed by atoms with Crippen LogP contribution in [0.3, 0.4) is 0 Å². The van der Waals surface area contributed by atoms with Crippen LogP contribution in [0.15, 0.2) is 16.7 Å².